The first-order valence-corrected chi connectivity index (χ1v) is 6.67. The van der Waals surface area contributed by atoms with Crippen LogP contribution in [0.4, 0.5) is 5.69 Å². The molecule has 0 amide bonds. The summed E-state index contributed by atoms with van der Waals surface area (Å²) in [7, 11) is 0. The van der Waals surface area contributed by atoms with Gasteiger partial charge in [-0.25, -0.2) is 0 Å². The SMILES string of the molecule is N#CC1c2ccccc2CCN1c1cccc(Cl)c1. The third-order valence-electron chi connectivity index (χ3n) is 3.55. The highest BCUT2D eigenvalue weighted by atomic mass is 35.5. The number of fused-ring (bicyclic) bond motifs is 1. The molecule has 94 valence electrons. The minimum Gasteiger partial charge on any atom is -0.352 e. The van der Waals surface area contributed by atoms with Crippen molar-refractivity contribution in [3.63, 3.8) is 0 Å². The van der Waals surface area contributed by atoms with E-state index in [1.165, 1.54) is 5.56 Å². The molecule has 2 aromatic rings. The Labute approximate surface area is 117 Å². The van der Waals surface area contributed by atoms with E-state index in [-0.39, 0.29) is 6.04 Å². The van der Waals surface area contributed by atoms with E-state index in [4.69, 9.17) is 11.6 Å². The van der Waals surface area contributed by atoms with Crippen molar-refractivity contribution in [1.29, 1.82) is 5.26 Å². The van der Waals surface area contributed by atoms with E-state index in [9.17, 15) is 5.26 Å². The van der Waals surface area contributed by atoms with Crippen molar-refractivity contribution < 1.29 is 0 Å². The molecule has 0 saturated heterocycles. The highest BCUT2D eigenvalue weighted by molar-refractivity contribution is 6.30. The van der Waals surface area contributed by atoms with Crippen molar-refractivity contribution in [2.75, 3.05) is 11.4 Å². The third-order valence-corrected chi connectivity index (χ3v) is 3.78. The summed E-state index contributed by atoms with van der Waals surface area (Å²) in [4.78, 5) is 2.12. The number of hydrogen-bond donors (Lipinski definition) is 0. The normalized spacial score (nSPS) is 17.7. The molecule has 1 atom stereocenters. The monoisotopic (exact) mass is 268 g/mol. The lowest BCUT2D eigenvalue weighted by molar-refractivity contribution is 0.676. The lowest BCUT2D eigenvalue weighted by Gasteiger charge is -2.35. The second-order valence-electron chi connectivity index (χ2n) is 4.65. The van der Waals surface area contributed by atoms with Crippen molar-refractivity contribution in [1.82, 2.24) is 0 Å². The maximum absolute atomic E-state index is 9.51. The fourth-order valence-corrected chi connectivity index (χ4v) is 2.82. The molecule has 1 aliphatic rings. The first-order valence-electron chi connectivity index (χ1n) is 6.29. The highest BCUT2D eigenvalue weighted by Crippen LogP contribution is 2.34. The number of nitriles is 1. The fraction of sp³-hybridized carbons (Fsp3) is 0.188. The molecule has 2 aromatic carbocycles. The zero-order chi connectivity index (χ0) is 13.2. The van der Waals surface area contributed by atoms with Crippen LogP contribution in [0.5, 0.6) is 0 Å². The number of nitrogens with zero attached hydrogens (tertiary/aromatic N) is 2. The molecule has 3 rings (SSSR count). The van der Waals surface area contributed by atoms with Gasteiger partial charge in [0, 0.05) is 17.3 Å². The number of anilines is 1. The number of rotatable bonds is 1. The van der Waals surface area contributed by atoms with Gasteiger partial charge in [0.15, 0.2) is 0 Å². The average molecular weight is 269 g/mol. The first kappa shape index (κ1) is 12.1. The summed E-state index contributed by atoms with van der Waals surface area (Å²) < 4.78 is 0. The largest absolute Gasteiger partial charge is 0.352 e. The van der Waals surface area contributed by atoms with Crippen LogP contribution in [0.25, 0.3) is 0 Å². The number of halogens is 1. The van der Waals surface area contributed by atoms with Gasteiger partial charge in [-0.2, -0.15) is 5.26 Å². The molecule has 0 aliphatic carbocycles. The Hall–Kier alpha value is -1.98. The van der Waals surface area contributed by atoms with Crippen LogP contribution in [0.2, 0.25) is 5.02 Å². The highest BCUT2D eigenvalue weighted by Gasteiger charge is 2.27. The first-order chi connectivity index (χ1) is 9.29. The molecule has 1 aliphatic heterocycles. The van der Waals surface area contributed by atoms with Gasteiger partial charge in [0.2, 0.25) is 0 Å². The quantitative estimate of drug-likeness (QED) is 0.783. The maximum atomic E-state index is 9.51. The smallest absolute Gasteiger partial charge is 0.142 e. The van der Waals surface area contributed by atoms with E-state index in [1.807, 2.05) is 42.5 Å². The number of benzene rings is 2. The summed E-state index contributed by atoms with van der Waals surface area (Å²) in [5.74, 6) is 0. The summed E-state index contributed by atoms with van der Waals surface area (Å²) in [6.07, 6.45) is 0.959. The van der Waals surface area contributed by atoms with E-state index >= 15 is 0 Å². The van der Waals surface area contributed by atoms with Crippen LogP contribution in [0.15, 0.2) is 48.5 Å². The molecule has 0 bridgehead atoms. The van der Waals surface area contributed by atoms with Crippen LogP contribution in [-0.4, -0.2) is 6.54 Å². The second kappa shape index (κ2) is 4.95. The Morgan fingerprint density at radius 2 is 2.00 bits per heavy atom. The predicted molar refractivity (Wildman–Crippen MR) is 77.3 cm³/mol. The van der Waals surface area contributed by atoms with Gasteiger partial charge in [0.25, 0.3) is 0 Å². The van der Waals surface area contributed by atoms with Gasteiger partial charge < -0.3 is 4.90 Å². The summed E-state index contributed by atoms with van der Waals surface area (Å²) in [6.45, 7) is 0.843. The Morgan fingerprint density at radius 3 is 2.79 bits per heavy atom. The molecule has 2 nitrogen and oxygen atoms in total. The van der Waals surface area contributed by atoms with Crippen molar-refractivity contribution in [3.05, 3.63) is 64.7 Å². The molecule has 3 heteroatoms. The summed E-state index contributed by atoms with van der Waals surface area (Å²) in [5, 5.41) is 10.2. The van der Waals surface area contributed by atoms with Crippen molar-refractivity contribution in [3.8, 4) is 6.07 Å². The lowest BCUT2D eigenvalue weighted by Crippen LogP contribution is -2.34. The van der Waals surface area contributed by atoms with Crippen molar-refractivity contribution in [2.45, 2.75) is 12.5 Å². The van der Waals surface area contributed by atoms with Crippen LogP contribution in [0, 0.1) is 11.3 Å². The summed E-state index contributed by atoms with van der Waals surface area (Å²) >= 11 is 6.05. The van der Waals surface area contributed by atoms with Gasteiger partial charge in [-0.05, 0) is 35.7 Å². The standard InChI is InChI=1S/C16H13ClN2/c17-13-5-3-6-14(10-13)19-9-8-12-4-1-2-7-15(12)16(19)11-18/h1-7,10,16H,8-9H2. The maximum Gasteiger partial charge on any atom is 0.142 e. The molecule has 0 saturated carbocycles. The Kier molecular flexibility index (Phi) is 3.15. The zero-order valence-corrected chi connectivity index (χ0v) is 11.1. The van der Waals surface area contributed by atoms with Gasteiger partial charge in [-0.3, -0.25) is 0 Å². The lowest BCUT2D eigenvalue weighted by atomic mass is 9.93. The molecule has 0 radical (unpaired) electrons. The van der Waals surface area contributed by atoms with Gasteiger partial charge in [-0.15, -0.1) is 0 Å². The molecular formula is C16H13ClN2. The van der Waals surface area contributed by atoms with Crippen molar-refractivity contribution >= 4 is 17.3 Å². The van der Waals surface area contributed by atoms with Crippen LogP contribution in [0.3, 0.4) is 0 Å². The minimum absolute atomic E-state index is 0.233. The zero-order valence-electron chi connectivity index (χ0n) is 10.4. The Balaban J connectivity index is 2.04. The summed E-state index contributed by atoms with van der Waals surface area (Å²) in [5.41, 5.74) is 3.39. The molecule has 1 heterocycles. The van der Waals surface area contributed by atoms with E-state index in [0.29, 0.717) is 5.02 Å². The molecule has 19 heavy (non-hydrogen) atoms. The molecule has 1 unspecified atom stereocenters. The van der Waals surface area contributed by atoms with Crippen LogP contribution >= 0.6 is 11.6 Å². The molecule has 0 N–H and O–H groups in total. The fourth-order valence-electron chi connectivity index (χ4n) is 2.64. The van der Waals surface area contributed by atoms with Crippen LogP contribution < -0.4 is 4.90 Å². The van der Waals surface area contributed by atoms with Crippen molar-refractivity contribution in [2.24, 2.45) is 0 Å². The van der Waals surface area contributed by atoms with E-state index in [1.54, 1.807) is 0 Å². The molecule has 0 spiro atoms. The van der Waals surface area contributed by atoms with E-state index in [0.717, 1.165) is 24.2 Å². The number of hydrogen-bond acceptors (Lipinski definition) is 2. The third kappa shape index (κ3) is 2.18. The van der Waals surface area contributed by atoms with Crippen LogP contribution in [-0.2, 0) is 6.42 Å². The van der Waals surface area contributed by atoms with Gasteiger partial charge in [-0.1, -0.05) is 41.9 Å². The second-order valence-corrected chi connectivity index (χ2v) is 5.09. The minimum atomic E-state index is -0.233. The van der Waals surface area contributed by atoms with E-state index in [2.05, 4.69) is 17.0 Å². The Bertz CT molecular complexity index is 645. The topological polar surface area (TPSA) is 27.0 Å². The summed E-state index contributed by atoms with van der Waals surface area (Å²) in [6, 6.07) is 18.0. The average Bonchev–Trinajstić information content (AvgIpc) is 2.46. The predicted octanol–water partition coefficient (Wildman–Crippen LogP) is 3.97. The van der Waals surface area contributed by atoms with Gasteiger partial charge >= 0.3 is 0 Å². The molecule has 0 fully saturated rings. The van der Waals surface area contributed by atoms with Crippen LogP contribution in [0.1, 0.15) is 17.2 Å². The molecule has 0 aromatic heterocycles. The van der Waals surface area contributed by atoms with E-state index < -0.39 is 0 Å². The molecular weight excluding hydrogens is 256 g/mol. The Morgan fingerprint density at radius 1 is 1.16 bits per heavy atom. The van der Waals surface area contributed by atoms with Gasteiger partial charge in [0.1, 0.15) is 6.04 Å². The van der Waals surface area contributed by atoms with Gasteiger partial charge in [0.05, 0.1) is 6.07 Å².